The van der Waals surface area contributed by atoms with Gasteiger partial charge in [-0.2, -0.15) is 0 Å². The van der Waals surface area contributed by atoms with Crippen LogP contribution in [0.5, 0.6) is 0 Å². The standard InChI is InChI=1S/C18H26O3/c1-5-15(2)17-7-6-8-18(13-17)16(3)14-21-12-11-20-10-9-19-4/h5-8,13H,3,9-12,14H2,1-2,4H3/b15-5+. The lowest BCUT2D eigenvalue weighted by molar-refractivity contribution is 0.0325. The van der Waals surface area contributed by atoms with E-state index in [1.165, 1.54) is 11.1 Å². The fraction of sp³-hybridized carbons (Fsp3) is 0.444. The van der Waals surface area contributed by atoms with Crippen molar-refractivity contribution in [1.29, 1.82) is 0 Å². The molecule has 0 radical (unpaired) electrons. The van der Waals surface area contributed by atoms with Crippen LogP contribution in [-0.4, -0.2) is 40.1 Å². The molecule has 0 aromatic heterocycles. The summed E-state index contributed by atoms with van der Waals surface area (Å²) in [7, 11) is 1.66. The van der Waals surface area contributed by atoms with Gasteiger partial charge in [-0.3, -0.25) is 0 Å². The number of methoxy groups -OCH3 is 1. The summed E-state index contributed by atoms with van der Waals surface area (Å²) in [6.45, 7) is 11.1. The molecule has 1 aromatic carbocycles. The molecule has 3 nitrogen and oxygen atoms in total. The summed E-state index contributed by atoms with van der Waals surface area (Å²) in [5.41, 5.74) is 4.59. The molecule has 0 aliphatic carbocycles. The average molecular weight is 290 g/mol. The van der Waals surface area contributed by atoms with Crippen LogP contribution in [0.15, 0.2) is 36.9 Å². The van der Waals surface area contributed by atoms with Crippen molar-refractivity contribution >= 4 is 11.1 Å². The molecule has 0 unspecified atom stereocenters. The van der Waals surface area contributed by atoms with Crippen molar-refractivity contribution in [2.45, 2.75) is 13.8 Å². The fourth-order valence-corrected chi connectivity index (χ4v) is 1.79. The Labute approximate surface area is 128 Å². The molecule has 3 heteroatoms. The normalized spacial score (nSPS) is 11.7. The first-order chi connectivity index (χ1) is 10.2. The molecule has 0 bridgehead atoms. The third-order valence-electron chi connectivity index (χ3n) is 3.24. The van der Waals surface area contributed by atoms with Gasteiger partial charge in [0.15, 0.2) is 0 Å². The third kappa shape index (κ3) is 6.71. The summed E-state index contributed by atoms with van der Waals surface area (Å²) >= 11 is 0. The van der Waals surface area contributed by atoms with Gasteiger partial charge >= 0.3 is 0 Å². The summed E-state index contributed by atoms with van der Waals surface area (Å²) in [5, 5.41) is 0. The van der Waals surface area contributed by atoms with E-state index in [0.29, 0.717) is 33.0 Å². The van der Waals surface area contributed by atoms with Gasteiger partial charge in [-0.1, -0.05) is 30.9 Å². The van der Waals surface area contributed by atoms with Crippen LogP contribution in [0.1, 0.15) is 25.0 Å². The average Bonchev–Trinajstić information content (AvgIpc) is 2.53. The Morgan fingerprint density at radius 1 is 1.10 bits per heavy atom. The fourth-order valence-electron chi connectivity index (χ4n) is 1.79. The van der Waals surface area contributed by atoms with Crippen molar-refractivity contribution in [3.8, 4) is 0 Å². The van der Waals surface area contributed by atoms with Gasteiger partial charge in [0.05, 0.1) is 33.0 Å². The van der Waals surface area contributed by atoms with E-state index >= 15 is 0 Å². The topological polar surface area (TPSA) is 27.7 Å². The first-order valence-corrected chi connectivity index (χ1v) is 7.25. The molecule has 0 aliphatic rings. The second-order valence-electron chi connectivity index (χ2n) is 4.81. The monoisotopic (exact) mass is 290 g/mol. The van der Waals surface area contributed by atoms with Gasteiger partial charge in [-0.05, 0) is 42.2 Å². The number of allylic oxidation sites excluding steroid dienone is 2. The van der Waals surface area contributed by atoms with Crippen molar-refractivity contribution in [1.82, 2.24) is 0 Å². The zero-order valence-corrected chi connectivity index (χ0v) is 13.4. The number of hydrogen-bond donors (Lipinski definition) is 0. The van der Waals surface area contributed by atoms with Gasteiger partial charge in [0.1, 0.15) is 0 Å². The maximum atomic E-state index is 5.58. The molecule has 0 aliphatic heterocycles. The molecule has 0 saturated heterocycles. The Hall–Kier alpha value is -1.42. The first kappa shape index (κ1) is 17.6. The molecule has 0 heterocycles. The minimum absolute atomic E-state index is 0.520. The number of rotatable bonds is 10. The summed E-state index contributed by atoms with van der Waals surface area (Å²) in [6.07, 6.45) is 2.11. The van der Waals surface area contributed by atoms with Crippen LogP contribution in [0.4, 0.5) is 0 Å². The number of hydrogen-bond acceptors (Lipinski definition) is 3. The summed E-state index contributed by atoms with van der Waals surface area (Å²) in [5.74, 6) is 0. The summed E-state index contributed by atoms with van der Waals surface area (Å²) in [6, 6.07) is 8.37. The number of ether oxygens (including phenoxy) is 3. The SMILES string of the molecule is C=C(COCCOCCOC)c1cccc(/C(C)=C/C)c1. The summed E-state index contributed by atoms with van der Waals surface area (Å²) < 4.78 is 15.8. The second kappa shape index (κ2) is 10.3. The maximum Gasteiger partial charge on any atom is 0.0718 e. The first-order valence-electron chi connectivity index (χ1n) is 7.25. The molecule has 1 rings (SSSR count). The van der Waals surface area contributed by atoms with E-state index in [9.17, 15) is 0 Å². The van der Waals surface area contributed by atoms with Crippen LogP contribution >= 0.6 is 0 Å². The highest BCUT2D eigenvalue weighted by Gasteiger charge is 2.02. The molecule has 116 valence electrons. The smallest absolute Gasteiger partial charge is 0.0718 e. The molecule has 21 heavy (non-hydrogen) atoms. The lowest BCUT2D eigenvalue weighted by Crippen LogP contribution is -2.09. The lowest BCUT2D eigenvalue weighted by atomic mass is 10.0. The van der Waals surface area contributed by atoms with E-state index in [4.69, 9.17) is 14.2 Å². The van der Waals surface area contributed by atoms with Crippen LogP contribution in [-0.2, 0) is 14.2 Å². The Morgan fingerprint density at radius 2 is 1.76 bits per heavy atom. The van der Waals surface area contributed by atoms with E-state index in [0.717, 1.165) is 11.1 Å². The van der Waals surface area contributed by atoms with Gasteiger partial charge in [-0.25, -0.2) is 0 Å². The molecule has 0 spiro atoms. The van der Waals surface area contributed by atoms with Crippen LogP contribution in [0, 0.1) is 0 Å². The van der Waals surface area contributed by atoms with Gasteiger partial charge in [-0.15, -0.1) is 0 Å². The van der Waals surface area contributed by atoms with E-state index < -0.39 is 0 Å². The van der Waals surface area contributed by atoms with E-state index in [2.05, 4.69) is 43.8 Å². The molecule has 1 aromatic rings. The van der Waals surface area contributed by atoms with E-state index in [1.807, 2.05) is 6.92 Å². The Kier molecular flexibility index (Phi) is 8.67. The van der Waals surface area contributed by atoms with Gasteiger partial charge in [0.25, 0.3) is 0 Å². The number of benzene rings is 1. The Balaban J connectivity index is 2.35. The van der Waals surface area contributed by atoms with Crippen LogP contribution in [0.25, 0.3) is 11.1 Å². The molecule has 0 N–H and O–H groups in total. The predicted octanol–water partition coefficient (Wildman–Crippen LogP) is 3.80. The Morgan fingerprint density at radius 3 is 2.48 bits per heavy atom. The van der Waals surface area contributed by atoms with E-state index in [-0.39, 0.29) is 0 Å². The Bertz CT molecular complexity index is 463. The van der Waals surface area contributed by atoms with Crippen molar-refractivity contribution < 1.29 is 14.2 Å². The summed E-state index contributed by atoms with van der Waals surface area (Å²) in [4.78, 5) is 0. The zero-order valence-electron chi connectivity index (χ0n) is 13.4. The quantitative estimate of drug-likeness (QED) is 0.613. The van der Waals surface area contributed by atoms with Crippen molar-refractivity contribution in [3.05, 3.63) is 48.0 Å². The van der Waals surface area contributed by atoms with Gasteiger partial charge < -0.3 is 14.2 Å². The van der Waals surface area contributed by atoms with Crippen LogP contribution in [0.3, 0.4) is 0 Å². The lowest BCUT2D eigenvalue weighted by Gasteiger charge is -2.10. The molecular formula is C18H26O3. The minimum atomic E-state index is 0.520. The predicted molar refractivity (Wildman–Crippen MR) is 88.3 cm³/mol. The largest absolute Gasteiger partial charge is 0.382 e. The third-order valence-corrected chi connectivity index (χ3v) is 3.24. The molecule has 0 atom stereocenters. The van der Waals surface area contributed by atoms with E-state index in [1.54, 1.807) is 7.11 Å². The highest BCUT2D eigenvalue weighted by molar-refractivity contribution is 5.70. The highest BCUT2D eigenvalue weighted by atomic mass is 16.5. The van der Waals surface area contributed by atoms with Gasteiger partial charge in [0, 0.05) is 7.11 Å². The molecular weight excluding hydrogens is 264 g/mol. The molecule has 0 amide bonds. The zero-order chi connectivity index (χ0) is 15.5. The second-order valence-corrected chi connectivity index (χ2v) is 4.81. The maximum absolute atomic E-state index is 5.58. The van der Waals surface area contributed by atoms with Gasteiger partial charge in [0.2, 0.25) is 0 Å². The van der Waals surface area contributed by atoms with Crippen LogP contribution < -0.4 is 0 Å². The highest BCUT2D eigenvalue weighted by Crippen LogP contribution is 2.19. The van der Waals surface area contributed by atoms with Crippen molar-refractivity contribution in [2.24, 2.45) is 0 Å². The minimum Gasteiger partial charge on any atom is -0.382 e. The molecule has 0 saturated carbocycles. The molecule has 0 fully saturated rings. The van der Waals surface area contributed by atoms with Crippen molar-refractivity contribution in [3.63, 3.8) is 0 Å². The van der Waals surface area contributed by atoms with Crippen LogP contribution in [0.2, 0.25) is 0 Å². The van der Waals surface area contributed by atoms with Crippen molar-refractivity contribution in [2.75, 3.05) is 40.1 Å².